The molecule has 1 heterocycles. The molecule has 1 aliphatic heterocycles. The maximum atomic E-state index is 12.4. The maximum Gasteiger partial charge on any atom is 0.317 e. The number of rotatable bonds is 4. The largest absolute Gasteiger partial charge is 0.331 e. The van der Waals surface area contributed by atoms with Crippen LogP contribution in [0.4, 0.5) is 4.79 Å². The number of likely N-dealkylation sites (tertiary alicyclic amines) is 1. The zero-order valence-electron chi connectivity index (χ0n) is 12.5. The highest BCUT2D eigenvalue weighted by atomic mass is 16.2. The second-order valence-corrected chi connectivity index (χ2v) is 5.60. The van der Waals surface area contributed by atoms with Crippen LogP contribution in [0.3, 0.4) is 0 Å². The van der Waals surface area contributed by atoms with E-state index in [1.807, 2.05) is 23.1 Å². The van der Waals surface area contributed by atoms with Crippen LogP contribution in [0.1, 0.15) is 57.1 Å². The minimum Gasteiger partial charge on any atom is -0.331 e. The first-order valence-corrected chi connectivity index (χ1v) is 7.91. The first-order chi connectivity index (χ1) is 9.81. The summed E-state index contributed by atoms with van der Waals surface area (Å²) in [4.78, 5) is 14.4. The molecule has 3 heteroatoms. The average Bonchev–Trinajstić information content (AvgIpc) is 2.77. The number of nitrogens with zero attached hydrogens (tertiary/aromatic N) is 1. The zero-order chi connectivity index (χ0) is 14.2. The van der Waals surface area contributed by atoms with E-state index in [4.69, 9.17) is 0 Å². The second kappa shape index (κ2) is 7.93. The molecule has 1 saturated heterocycles. The van der Waals surface area contributed by atoms with Gasteiger partial charge in [0, 0.05) is 13.1 Å². The Morgan fingerprint density at radius 1 is 1.15 bits per heavy atom. The molecule has 1 atom stereocenters. The summed E-state index contributed by atoms with van der Waals surface area (Å²) in [5.41, 5.74) is 1.21. The van der Waals surface area contributed by atoms with E-state index in [0.717, 1.165) is 38.8 Å². The van der Waals surface area contributed by atoms with Crippen molar-refractivity contribution in [1.82, 2.24) is 10.2 Å². The molecule has 1 N–H and O–H groups in total. The summed E-state index contributed by atoms with van der Waals surface area (Å²) in [6.07, 6.45) is 6.83. The van der Waals surface area contributed by atoms with Crippen molar-refractivity contribution in [3.63, 3.8) is 0 Å². The first-order valence-electron chi connectivity index (χ1n) is 7.91. The number of hydrogen-bond donors (Lipinski definition) is 1. The van der Waals surface area contributed by atoms with Gasteiger partial charge >= 0.3 is 6.03 Å². The van der Waals surface area contributed by atoms with Crippen molar-refractivity contribution in [1.29, 1.82) is 0 Å². The summed E-state index contributed by atoms with van der Waals surface area (Å²) in [6, 6.07) is 10.5. The lowest BCUT2D eigenvalue weighted by Crippen LogP contribution is -2.42. The predicted octanol–water partition coefficient (Wildman–Crippen LogP) is 4.11. The number of carbonyl (C=O) groups excluding carboxylic acids is 1. The minimum absolute atomic E-state index is 0.106. The van der Waals surface area contributed by atoms with Crippen molar-refractivity contribution in [3.8, 4) is 0 Å². The Hall–Kier alpha value is -1.51. The number of benzene rings is 1. The summed E-state index contributed by atoms with van der Waals surface area (Å²) < 4.78 is 0. The van der Waals surface area contributed by atoms with E-state index in [1.165, 1.54) is 18.4 Å². The Morgan fingerprint density at radius 3 is 2.40 bits per heavy atom. The highest BCUT2D eigenvalue weighted by Crippen LogP contribution is 2.19. The third-order valence-electron chi connectivity index (χ3n) is 3.97. The van der Waals surface area contributed by atoms with Gasteiger partial charge < -0.3 is 10.2 Å². The van der Waals surface area contributed by atoms with Gasteiger partial charge in [0.1, 0.15) is 0 Å². The van der Waals surface area contributed by atoms with E-state index in [0.29, 0.717) is 0 Å². The molecule has 2 amide bonds. The molecule has 0 spiro atoms. The van der Waals surface area contributed by atoms with Gasteiger partial charge in [0.15, 0.2) is 0 Å². The molecule has 0 aliphatic carbocycles. The van der Waals surface area contributed by atoms with Crippen molar-refractivity contribution in [3.05, 3.63) is 35.9 Å². The minimum atomic E-state index is 0.106. The van der Waals surface area contributed by atoms with Crippen LogP contribution >= 0.6 is 0 Å². The molecule has 110 valence electrons. The monoisotopic (exact) mass is 274 g/mol. The van der Waals surface area contributed by atoms with Crippen LogP contribution in [0.2, 0.25) is 0 Å². The summed E-state index contributed by atoms with van der Waals surface area (Å²) in [5, 5.41) is 3.22. The van der Waals surface area contributed by atoms with Crippen LogP contribution in [-0.4, -0.2) is 24.0 Å². The molecule has 2 rings (SSSR count). The molecule has 0 radical (unpaired) electrons. The van der Waals surface area contributed by atoms with E-state index in [1.54, 1.807) is 0 Å². The number of amides is 2. The Labute approximate surface area is 122 Å². The lowest BCUT2D eigenvalue weighted by Gasteiger charge is -2.25. The van der Waals surface area contributed by atoms with Gasteiger partial charge in [-0.2, -0.15) is 0 Å². The standard InChI is InChI=1S/C17H26N2O/c1-2-10-16(15-11-6-5-7-12-15)18-17(20)19-13-8-3-4-9-14-19/h5-7,11-12,16H,2-4,8-10,13-14H2,1H3,(H,18,20). The molecular formula is C17H26N2O. The first kappa shape index (κ1) is 14.9. The number of carbonyl (C=O) groups is 1. The second-order valence-electron chi connectivity index (χ2n) is 5.60. The van der Waals surface area contributed by atoms with Gasteiger partial charge in [0.05, 0.1) is 6.04 Å². The Morgan fingerprint density at radius 2 is 1.80 bits per heavy atom. The van der Waals surface area contributed by atoms with Crippen molar-refractivity contribution >= 4 is 6.03 Å². The average molecular weight is 274 g/mol. The fraction of sp³-hybridized carbons (Fsp3) is 0.588. The molecule has 20 heavy (non-hydrogen) atoms. The van der Waals surface area contributed by atoms with E-state index in [2.05, 4.69) is 24.4 Å². The van der Waals surface area contributed by atoms with Crippen molar-refractivity contribution in [2.45, 2.75) is 51.5 Å². The molecule has 0 aromatic heterocycles. The predicted molar refractivity (Wildman–Crippen MR) is 82.7 cm³/mol. The van der Waals surface area contributed by atoms with E-state index >= 15 is 0 Å². The van der Waals surface area contributed by atoms with Gasteiger partial charge in [-0.1, -0.05) is 56.5 Å². The molecule has 1 fully saturated rings. The SMILES string of the molecule is CCCC(NC(=O)N1CCCCCC1)c1ccccc1. The van der Waals surface area contributed by atoms with Gasteiger partial charge in [-0.15, -0.1) is 0 Å². The highest BCUT2D eigenvalue weighted by molar-refractivity contribution is 5.74. The molecule has 3 nitrogen and oxygen atoms in total. The zero-order valence-corrected chi connectivity index (χ0v) is 12.5. The van der Waals surface area contributed by atoms with Crippen LogP contribution in [0, 0.1) is 0 Å². The van der Waals surface area contributed by atoms with Crippen LogP contribution in [0.25, 0.3) is 0 Å². The van der Waals surface area contributed by atoms with Gasteiger partial charge in [0.25, 0.3) is 0 Å². The normalized spacial score (nSPS) is 17.4. The third-order valence-corrected chi connectivity index (χ3v) is 3.97. The fourth-order valence-corrected chi connectivity index (χ4v) is 2.81. The van der Waals surface area contributed by atoms with Crippen LogP contribution < -0.4 is 5.32 Å². The summed E-state index contributed by atoms with van der Waals surface area (Å²) in [5.74, 6) is 0. The van der Waals surface area contributed by atoms with Gasteiger partial charge in [0.2, 0.25) is 0 Å². The van der Waals surface area contributed by atoms with Crippen LogP contribution in [0.15, 0.2) is 30.3 Å². The molecule has 1 aromatic rings. The van der Waals surface area contributed by atoms with Gasteiger partial charge in [-0.3, -0.25) is 0 Å². The van der Waals surface area contributed by atoms with Crippen molar-refractivity contribution in [2.24, 2.45) is 0 Å². The quantitative estimate of drug-likeness (QED) is 0.880. The number of nitrogens with one attached hydrogen (secondary N) is 1. The van der Waals surface area contributed by atoms with E-state index < -0.39 is 0 Å². The molecule has 1 aliphatic rings. The van der Waals surface area contributed by atoms with Gasteiger partial charge in [-0.05, 0) is 24.8 Å². The lowest BCUT2D eigenvalue weighted by molar-refractivity contribution is 0.195. The van der Waals surface area contributed by atoms with Crippen LogP contribution in [0.5, 0.6) is 0 Å². The van der Waals surface area contributed by atoms with E-state index in [9.17, 15) is 4.79 Å². The highest BCUT2D eigenvalue weighted by Gasteiger charge is 2.19. The van der Waals surface area contributed by atoms with Crippen LogP contribution in [-0.2, 0) is 0 Å². The summed E-state index contributed by atoms with van der Waals surface area (Å²) in [7, 11) is 0. The summed E-state index contributed by atoms with van der Waals surface area (Å²) >= 11 is 0. The number of urea groups is 1. The molecular weight excluding hydrogens is 248 g/mol. The third kappa shape index (κ3) is 4.26. The maximum absolute atomic E-state index is 12.4. The fourth-order valence-electron chi connectivity index (χ4n) is 2.81. The topological polar surface area (TPSA) is 32.3 Å². The summed E-state index contributed by atoms with van der Waals surface area (Å²) in [6.45, 7) is 3.97. The molecule has 0 bridgehead atoms. The molecule has 1 unspecified atom stereocenters. The Balaban J connectivity index is 1.98. The molecule has 0 saturated carbocycles. The lowest BCUT2D eigenvalue weighted by atomic mass is 10.0. The smallest absolute Gasteiger partial charge is 0.317 e. The Kier molecular flexibility index (Phi) is 5.90. The van der Waals surface area contributed by atoms with Crippen molar-refractivity contribution < 1.29 is 4.79 Å². The van der Waals surface area contributed by atoms with Crippen molar-refractivity contribution in [2.75, 3.05) is 13.1 Å². The van der Waals surface area contributed by atoms with Gasteiger partial charge in [-0.25, -0.2) is 4.79 Å². The molecule has 1 aromatic carbocycles. The Bertz CT molecular complexity index is 397. The van der Waals surface area contributed by atoms with E-state index in [-0.39, 0.29) is 12.1 Å². The number of hydrogen-bond acceptors (Lipinski definition) is 1.